The number of carbonyl (C=O) groups excluding carboxylic acids is 1. The van der Waals surface area contributed by atoms with Gasteiger partial charge in [-0.25, -0.2) is 0 Å². The Balaban J connectivity index is 1.99. The normalized spacial score (nSPS) is 16.6. The summed E-state index contributed by atoms with van der Waals surface area (Å²) in [6.45, 7) is 5.86. The number of nitrogens with one attached hydrogen (secondary N) is 1. The number of rotatable bonds is 6. The van der Waals surface area contributed by atoms with Gasteiger partial charge in [0.05, 0.1) is 6.54 Å². The third-order valence-electron chi connectivity index (χ3n) is 3.85. The Bertz CT molecular complexity index is 427. The van der Waals surface area contributed by atoms with Crippen LogP contribution < -0.4 is 5.32 Å². The molecule has 0 amide bonds. The molecule has 0 aromatic heterocycles. The third kappa shape index (κ3) is 4.40. The second-order valence-corrected chi connectivity index (χ2v) is 6.30. The second kappa shape index (κ2) is 7.91. The van der Waals surface area contributed by atoms with E-state index in [9.17, 15) is 4.79 Å². The minimum absolute atomic E-state index is 0.226. The molecule has 1 aromatic carbocycles. The van der Waals surface area contributed by atoms with E-state index < -0.39 is 0 Å². The van der Waals surface area contributed by atoms with Crippen molar-refractivity contribution in [3.63, 3.8) is 0 Å². The number of benzene rings is 1. The molecule has 0 bridgehead atoms. The Morgan fingerprint density at radius 3 is 2.55 bits per heavy atom. The Morgan fingerprint density at radius 1 is 1.30 bits per heavy atom. The summed E-state index contributed by atoms with van der Waals surface area (Å²) in [6, 6.07) is 8.22. The SMILES string of the molecule is CCCN(CC(=O)c1ccc(Br)cc1)C1CCNCC1. The quantitative estimate of drug-likeness (QED) is 0.809. The highest BCUT2D eigenvalue weighted by molar-refractivity contribution is 9.10. The van der Waals surface area contributed by atoms with E-state index in [4.69, 9.17) is 0 Å². The summed E-state index contributed by atoms with van der Waals surface area (Å²) in [7, 11) is 0. The first-order chi connectivity index (χ1) is 9.70. The predicted molar refractivity (Wildman–Crippen MR) is 86.2 cm³/mol. The molecule has 1 aliphatic rings. The number of hydrogen-bond acceptors (Lipinski definition) is 3. The number of hydrogen-bond donors (Lipinski definition) is 1. The van der Waals surface area contributed by atoms with Crippen molar-refractivity contribution in [3.8, 4) is 0 Å². The Kier molecular flexibility index (Phi) is 6.20. The first kappa shape index (κ1) is 15.7. The van der Waals surface area contributed by atoms with E-state index in [1.54, 1.807) is 0 Å². The second-order valence-electron chi connectivity index (χ2n) is 5.38. The Hall–Kier alpha value is -0.710. The molecule has 1 aliphatic heterocycles. The van der Waals surface area contributed by atoms with E-state index in [1.807, 2.05) is 24.3 Å². The van der Waals surface area contributed by atoms with Crippen molar-refractivity contribution in [2.75, 3.05) is 26.2 Å². The summed E-state index contributed by atoms with van der Waals surface area (Å²) in [6.07, 6.45) is 3.39. The molecule has 0 aliphatic carbocycles. The lowest BCUT2D eigenvalue weighted by molar-refractivity contribution is 0.0865. The van der Waals surface area contributed by atoms with Gasteiger partial charge >= 0.3 is 0 Å². The maximum atomic E-state index is 12.4. The molecule has 1 saturated heterocycles. The molecule has 20 heavy (non-hydrogen) atoms. The van der Waals surface area contributed by atoms with Crippen molar-refractivity contribution in [1.82, 2.24) is 10.2 Å². The lowest BCUT2D eigenvalue weighted by Crippen LogP contribution is -2.45. The van der Waals surface area contributed by atoms with E-state index in [-0.39, 0.29) is 5.78 Å². The monoisotopic (exact) mass is 338 g/mol. The lowest BCUT2D eigenvalue weighted by Gasteiger charge is -2.34. The summed E-state index contributed by atoms with van der Waals surface area (Å²) in [5.74, 6) is 0.226. The van der Waals surface area contributed by atoms with Crippen LogP contribution in [0.2, 0.25) is 0 Å². The number of nitrogens with zero attached hydrogens (tertiary/aromatic N) is 1. The molecule has 1 fully saturated rings. The van der Waals surface area contributed by atoms with Crippen molar-refractivity contribution in [2.45, 2.75) is 32.2 Å². The van der Waals surface area contributed by atoms with E-state index in [2.05, 4.69) is 33.1 Å². The molecule has 0 radical (unpaired) electrons. The fraction of sp³-hybridized carbons (Fsp3) is 0.562. The summed E-state index contributed by atoms with van der Waals surface area (Å²) < 4.78 is 1.01. The largest absolute Gasteiger partial charge is 0.317 e. The summed E-state index contributed by atoms with van der Waals surface area (Å²) >= 11 is 3.40. The van der Waals surface area contributed by atoms with Gasteiger partial charge in [-0.2, -0.15) is 0 Å². The zero-order valence-electron chi connectivity index (χ0n) is 12.1. The van der Waals surface area contributed by atoms with Gasteiger partial charge in [0, 0.05) is 16.1 Å². The molecular formula is C16H23BrN2O. The van der Waals surface area contributed by atoms with Crippen LogP contribution in [0.25, 0.3) is 0 Å². The number of Topliss-reactive ketones (excluding diaryl/α,β-unsaturated/α-hetero) is 1. The van der Waals surface area contributed by atoms with Crippen LogP contribution in [0, 0.1) is 0 Å². The van der Waals surface area contributed by atoms with E-state index in [1.165, 1.54) is 0 Å². The first-order valence-corrected chi connectivity index (χ1v) is 8.23. The number of piperidine rings is 1. The highest BCUT2D eigenvalue weighted by Gasteiger charge is 2.22. The molecular weight excluding hydrogens is 316 g/mol. The molecule has 1 aromatic rings. The Morgan fingerprint density at radius 2 is 1.95 bits per heavy atom. The van der Waals surface area contributed by atoms with Gasteiger partial charge in [-0.05, 0) is 51.0 Å². The van der Waals surface area contributed by atoms with Crippen molar-refractivity contribution in [3.05, 3.63) is 34.3 Å². The average molecular weight is 339 g/mol. The van der Waals surface area contributed by atoms with Crippen molar-refractivity contribution < 1.29 is 4.79 Å². The van der Waals surface area contributed by atoms with E-state index in [0.29, 0.717) is 12.6 Å². The summed E-state index contributed by atoms with van der Waals surface area (Å²) in [5, 5.41) is 3.39. The fourth-order valence-corrected chi connectivity index (χ4v) is 3.03. The van der Waals surface area contributed by atoms with Gasteiger partial charge in [-0.1, -0.05) is 35.0 Å². The number of carbonyl (C=O) groups is 1. The minimum Gasteiger partial charge on any atom is -0.317 e. The predicted octanol–water partition coefficient (Wildman–Crippen LogP) is 3.10. The van der Waals surface area contributed by atoms with Crippen LogP contribution in [0.15, 0.2) is 28.7 Å². The van der Waals surface area contributed by atoms with E-state index >= 15 is 0 Å². The van der Waals surface area contributed by atoms with Crippen LogP contribution in [0.4, 0.5) is 0 Å². The average Bonchev–Trinajstić information content (AvgIpc) is 2.48. The van der Waals surface area contributed by atoms with Crippen LogP contribution >= 0.6 is 15.9 Å². The van der Waals surface area contributed by atoms with Gasteiger partial charge in [-0.3, -0.25) is 9.69 Å². The molecule has 0 atom stereocenters. The van der Waals surface area contributed by atoms with Crippen molar-refractivity contribution >= 4 is 21.7 Å². The van der Waals surface area contributed by atoms with Gasteiger partial charge in [0.25, 0.3) is 0 Å². The first-order valence-electron chi connectivity index (χ1n) is 7.44. The smallest absolute Gasteiger partial charge is 0.176 e. The zero-order valence-corrected chi connectivity index (χ0v) is 13.7. The minimum atomic E-state index is 0.226. The number of halogens is 1. The highest BCUT2D eigenvalue weighted by Crippen LogP contribution is 2.15. The Labute approximate surface area is 129 Å². The molecule has 3 nitrogen and oxygen atoms in total. The molecule has 4 heteroatoms. The van der Waals surface area contributed by atoms with Crippen LogP contribution in [0.1, 0.15) is 36.5 Å². The summed E-state index contributed by atoms with van der Waals surface area (Å²) in [5.41, 5.74) is 0.809. The van der Waals surface area contributed by atoms with Crippen LogP contribution in [-0.2, 0) is 0 Å². The zero-order chi connectivity index (χ0) is 14.4. The van der Waals surface area contributed by atoms with Gasteiger partial charge in [0.2, 0.25) is 0 Å². The van der Waals surface area contributed by atoms with Crippen molar-refractivity contribution in [1.29, 1.82) is 0 Å². The van der Waals surface area contributed by atoms with E-state index in [0.717, 1.165) is 48.9 Å². The topological polar surface area (TPSA) is 32.3 Å². The molecule has 0 saturated carbocycles. The molecule has 1 N–H and O–H groups in total. The molecule has 0 unspecified atom stereocenters. The van der Waals surface area contributed by atoms with Crippen LogP contribution in [0.3, 0.4) is 0 Å². The lowest BCUT2D eigenvalue weighted by atomic mass is 10.0. The van der Waals surface area contributed by atoms with Gasteiger partial charge in [0.15, 0.2) is 5.78 Å². The maximum absolute atomic E-state index is 12.4. The third-order valence-corrected chi connectivity index (χ3v) is 4.38. The molecule has 2 rings (SSSR count). The highest BCUT2D eigenvalue weighted by atomic mass is 79.9. The maximum Gasteiger partial charge on any atom is 0.176 e. The standard InChI is InChI=1S/C16H23BrN2O/c1-2-11-19(15-7-9-18-10-8-15)12-16(20)13-3-5-14(17)6-4-13/h3-6,15,18H,2,7-12H2,1H3. The van der Waals surface area contributed by atoms with Crippen LogP contribution in [0.5, 0.6) is 0 Å². The molecule has 110 valence electrons. The van der Waals surface area contributed by atoms with Gasteiger partial charge in [-0.15, -0.1) is 0 Å². The van der Waals surface area contributed by atoms with Gasteiger partial charge in [0.1, 0.15) is 0 Å². The van der Waals surface area contributed by atoms with Crippen molar-refractivity contribution in [2.24, 2.45) is 0 Å². The van der Waals surface area contributed by atoms with Gasteiger partial charge < -0.3 is 5.32 Å². The summed E-state index contributed by atoms with van der Waals surface area (Å²) in [4.78, 5) is 14.8. The number of ketones is 1. The molecule has 0 spiro atoms. The van der Waals surface area contributed by atoms with Crippen LogP contribution in [-0.4, -0.2) is 42.9 Å². The molecule has 1 heterocycles. The fourth-order valence-electron chi connectivity index (χ4n) is 2.76.